The summed E-state index contributed by atoms with van der Waals surface area (Å²) in [5.74, 6) is 1.46. The molecule has 11 nitrogen and oxygen atoms in total. The third kappa shape index (κ3) is 5.09. The maximum atomic E-state index is 13.0. The lowest BCUT2D eigenvalue weighted by molar-refractivity contribution is 0.177. The van der Waals surface area contributed by atoms with Crippen molar-refractivity contribution in [3.05, 3.63) is 63.2 Å². The highest BCUT2D eigenvalue weighted by Crippen LogP contribution is 2.31. The molecular formula is C27H27ClN6O5. The summed E-state index contributed by atoms with van der Waals surface area (Å²) < 4.78 is 16.5. The van der Waals surface area contributed by atoms with Crippen molar-refractivity contribution in [1.29, 1.82) is 0 Å². The fourth-order valence-electron chi connectivity index (χ4n) is 5.23. The van der Waals surface area contributed by atoms with Crippen LogP contribution in [0.1, 0.15) is 24.0 Å². The van der Waals surface area contributed by atoms with Crippen molar-refractivity contribution in [2.24, 2.45) is 0 Å². The third-order valence-electron chi connectivity index (χ3n) is 7.21. The van der Waals surface area contributed by atoms with Gasteiger partial charge in [0.05, 0.1) is 12.6 Å². The first kappa shape index (κ1) is 25.1. The van der Waals surface area contributed by atoms with Crippen molar-refractivity contribution in [3.63, 3.8) is 0 Å². The third-order valence-corrected chi connectivity index (χ3v) is 7.40. The molecule has 2 aliphatic heterocycles. The summed E-state index contributed by atoms with van der Waals surface area (Å²) in [6, 6.07) is 10.7. The number of aryl methyl sites for hydroxylation is 1. The molecule has 2 amide bonds. The number of fused-ring (bicyclic) bond motifs is 2. The summed E-state index contributed by atoms with van der Waals surface area (Å²) in [6.07, 6.45) is 2.28. The number of oxazole rings is 1. The first-order valence-electron chi connectivity index (χ1n) is 12.7. The molecular weight excluding hydrogens is 524 g/mol. The number of nitrogens with zero attached hydrogens (tertiary/aromatic N) is 4. The van der Waals surface area contributed by atoms with Crippen LogP contribution in [0.25, 0.3) is 11.1 Å². The van der Waals surface area contributed by atoms with Gasteiger partial charge in [-0.3, -0.25) is 4.98 Å². The summed E-state index contributed by atoms with van der Waals surface area (Å²) in [5.41, 5.74) is 3.72. The minimum atomic E-state index is -0.525. The molecule has 0 unspecified atom stereocenters. The maximum absolute atomic E-state index is 13.0. The zero-order chi connectivity index (χ0) is 27.1. The van der Waals surface area contributed by atoms with E-state index in [4.69, 9.17) is 25.5 Å². The summed E-state index contributed by atoms with van der Waals surface area (Å²) >= 11 is 6.33. The van der Waals surface area contributed by atoms with E-state index in [1.807, 2.05) is 34.9 Å². The quantitative estimate of drug-likeness (QED) is 0.341. The van der Waals surface area contributed by atoms with E-state index in [1.165, 1.54) is 0 Å². The van der Waals surface area contributed by atoms with E-state index < -0.39 is 5.76 Å². The van der Waals surface area contributed by atoms with Crippen molar-refractivity contribution in [3.8, 4) is 17.4 Å². The lowest BCUT2D eigenvalue weighted by Crippen LogP contribution is -2.49. The molecule has 0 atom stereocenters. The minimum Gasteiger partial charge on any atom is -0.497 e. The van der Waals surface area contributed by atoms with E-state index in [9.17, 15) is 9.59 Å². The van der Waals surface area contributed by atoms with Crippen LogP contribution in [-0.2, 0) is 6.42 Å². The van der Waals surface area contributed by atoms with Crippen LogP contribution in [0.3, 0.4) is 0 Å². The summed E-state index contributed by atoms with van der Waals surface area (Å²) in [7, 11) is 1.64. The molecule has 4 aromatic rings. The monoisotopic (exact) mass is 550 g/mol. The number of rotatable bonds is 5. The van der Waals surface area contributed by atoms with E-state index in [0.717, 1.165) is 41.8 Å². The number of carbonyl (C=O) groups is 1. The second-order valence-electron chi connectivity index (χ2n) is 9.67. The maximum Gasteiger partial charge on any atom is 0.417 e. The molecule has 0 saturated carbocycles. The van der Waals surface area contributed by atoms with Crippen LogP contribution in [0.15, 0.2) is 45.6 Å². The molecule has 0 spiro atoms. The molecule has 1 saturated heterocycles. The Morgan fingerprint density at radius 3 is 2.67 bits per heavy atom. The highest BCUT2D eigenvalue weighted by atomic mass is 35.5. The number of benzene rings is 2. The second-order valence-corrected chi connectivity index (χ2v) is 10.1. The highest BCUT2D eigenvalue weighted by molar-refractivity contribution is 6.29. The molecule has 2 aromatic heterocycles. The van der Waals surface area contributed by atoms with Gasteiger partial charge in [0.2, 0.25) is 11.8 Å². The van der Waals surface area contributed by atoms with Crippen LogP contribution in [0.4, 0.5) is 16.4 Å². The van der Waals surface area contributed by atoms with Gasteiger partial charge in [-0.05, 0) is 61.6 Å². The van der Waals surface area contributed by atoms with E-state index in [-0.39, 0.29) is 23.1 Å². The number of halogens is 1. The first-order chi connectivity index (χ1) is 18.9. The number of nitrogens with one attached hydrogen (secondary N) is 2. The number of aromatic nitrogens is 3. The molecule has 4 heterocycles. The molecule has 0 radical (unpaired) electrons. The lowest BCUT2D eigenvalue weighted by Gasteiger charge is -2.38. The Morgan fingerprint density at radius 2 is 1.87 bits per heavy atom. The van der Waals surface area contributed by atoms with Gasteiger partial charge in [-0.25, -0.2) is 14.6 Å². The lowest BCUT2D eigenvalue weighted by atomic mass is 10.0. The Balaban J connectivity index is 1.13. The SMILES string of the molecule is COc1ccc2c(c1)CCN(C1CCN(c3nc(Cl)cc(Oc4cc(C)c5[nH]c(=O)oc5c4)n3)CC1)C(=O)N2. The smallest absolute Gasteiger partial charge is 0.417 e. The van der Waals surface area contributed by atoms with Gasteiger partial charge >= 0.3 is 11.8 Å². The number of methoxy groups -OCH3 is 1. The van der Waals surface area contributed by atoms with Crippen LogP contribution >= 0.6 is 11.6 Å². The number of hydrogen-bond donors (Lipinski definition) is 2. The van der Waals surface area contributed by atoms with Crippen molar-refractivity contribution in [1.82, 2.24) is 19.9 Å². The molecule has 2 N–H and O–H groups in total. The number of piperidine rings is 1. The Bertz CT molecular complexity index is 1610. The van der Waals surface area contributed by atoms with Gasteiger partial charge in [-0.15, -0.1) is 0 Å². The van der Waals surface area contributed by atoms with Crippen molar-refractivity contribution in [2.45, 2.75) is 32.2 Å². The molecule has 0 bridgehead atoms. The number of anilines is 2. The average Bonchev–Trinajstić information content (AvgIpc) is 3.21. The van der Waals surface area contributed by atoms with Crippen molar-refractivity contribution in [2.75, 3.05) is 37.0 Å². The number of carbonyl (C=O) groups excluding carboxylic acids is 1. The Labute approximate surface area is 228 Å². The van der Waals surface area contributed by atoms with Gasteiger partial charge in [-0.2, -0.15) is 4.98 Å². The van der Waals surface area contributed by atoms with Gasteiger partial charge in [0, 0.05) is 43.5 Å². The van der Waals surface area contributed by atoms with Crippen LogP contribution in [-0.4, -0.2) is 58.7 Å². The number of amides is 2. The van der Waals surface area contributed by atoms with Crippen molar-refractivity contribution >= 4 is 40.4 Å². The standard InChI is InChI=1S/C27H27ClN6O5/c1-15-11-19(13-21-24(15)32-27(36)39-21)38-23-14-22(28)30-25(31-23)33-8-6-17(7-9-33)34-10-5-16-12-18(37-2)3-4-20(16)29-26(34)35/h3-4,11-14,17H,5-10H2,1-2H3,(H,29,35)(H,32,36). The number of aromatic amines is 1. The van der Waals surface area contributed by atoms with Gasteiger partial charge in [0.1, 0.15) is 16.7 Å². The summed E-state index contributed by atoms with van der Waals surface area (Å²) in [5, 5.41) is 3.30. The molecule has 12 heteroatoms. The Morgan fingerprint density at radius 1 is 1.05 bits per heavy atom. The largest absolute Gasteiger partial charge is 0.497 e. The average molecular weight is 551 g/mol. The van der Waals surface area contributed by atoms with Gasteiger partial charge in [-0.1, -0.05) is 11.6 Å². The molecule has 6 rings (SSSR count). The topological polar surface area (TPSA) is 126 Å². The number of ether oxygens (including phenoxy) is 2. The minimum absolute atomic E-state index is 0.0856. The number of hydrogen-bond acceptors (Lipinski definition) is 8. The van der Waals surface area contributed by atoms with Crippen molar-refractivity contribution < 1.29 is 18.7 Å². The van der Waals surface area contributed by atoms with Gasteiger partial charge < -0.3 is 29.0 Å². The molecule has 1 fully saturated rings. The van der Waals surface area contributed by atoms with Crippen LogP contribution < -0.4 is 25.4 Å². The van der Waals surface area contributed by atoms with Crippen LogP contribution in [0.2, 0.25) is 5.15 Å². The first-order valence-corrected chi connectivity index (χ1v) is 13.1. The number of H-pyrrole nitrogens is 1. The molecule has 202 valence electrons. The van der Waals surface area contributed by atoms with E-state index in [0.29, 0.717) is 42.4 Å². The molecule has 39 heavy (non-hydrogen) atoms. The van der Waals surface area contributed by atoms with Crippen LogP contribution in [0.5, 0.6) is 17.4 Å². The van der Waals surface area contributed by atoms with Crippen LogP contribution in [0, 0.1) is 6.92 Å². The predicted molar refractivity (Wildman–Crippen MR) is 146 cm³/mol. The van der Waals surface area contributed by atoms with Gasteiger partial charge in [0.25, 0.3) is 0 Å². The summed E-state index contributed by atoms with van der Waals surface area (Å²) in [4.78, 5) is 40.2. The fourth-order valence-corrected chi connectivity index (χ4v) is 5.40. The summed E-state index contributed by atoms with van der Waals surface area (Å²) in [6.45, 7) is 3.81. The molecule has 0 aliphatic carbocycles. The zero-order valence-corrected chi connectivity index (χ0v) is 22.2. The predicted octanol–water partition coefficient (Wildman–Crippen LogP) is 4.73. The fraction of sp³-hybridized carbons (Fsp3) is 0.333. The molecule has 2 aliphatic rings. The van der Waals surface area contributed by atoms with Gasteiger partial charge in [0.15, 0.2) is 5.58 Å². The Kier molecular flexibility index (Phi) is 6.51. The Hall–Kier alpha value is -4.25. The van der Waals surface area contributed by atoms with E-state index in [2.05, 4.69) is 20.3 Å². The number of urea groups is 1. The van der Waals surface area contributed by atoms with E-state index >= 15 is 0 Å². The normalized spacial score (nSPS) is 16.1. The van der Waals surface area contributed by atoms with E-state index in [1.54, 1.807) is 25.3 Å². The molecule has 2 aromatic carbocycles. The highest BCUT2D eigenvalue weighted by Gasteiger charge is 2.31. The second kappa shape index (κ2) is 10.1. The zero-order valence-electron chi connectivity index (χ0n) is 21.5.